The van der Waals surface area contributed by atoms with E-state index in [0.717, 1.165) is 18.2 Å². The molecular weight excluding hydrogens is 300 g/mol. The molecule has 0 aliphatic rings. The van der Waals surface area contributed by atoms with Crippen molar-refractivity contribution in [2.24, 2.45) is 0 Å². The number of benzene rings is 2. The van der Waals surface area contributed by atoms with Crippen molar-refractivity contribution in [1.82, 2.24) is 10.2 Å². The number of nitrogens with one attached hydrogen (secondary N) is 1. The molecule has 0 atom stereocenters. The average Bonchev–Trinajstić information content (AvgIpc) is 2.95. The molecule has 112 valence electrons. The Morgan fingerprint density at radius 1 is 0.818 bits per heavy atom. The topological polar surface area (TPSA) is 37.9 Å². The number of aromatic amines is 1. The Bertz CT molecular complexity index is 819. The molecule has 2 aromatic carbocycles. The summed E-state index contributed by atoms with van der Waals surface area (Å²) in [7, 11) is 0. The van der Waals surface area contributed by atoms with E-state index in [9.17, 15) is 17.6 Å². The number of nitrogens with zero attached hydrogens (tertiary/aromatic N) is 1. The lowest BCUT2D eigenvalue weighted by Gasteiger charge is -2.12. The van der Waals surface area contributed by atoms with Crippen LogP contribution in [0.1, 0.15) is 0 Å². The van der Waals surface area contributed by atoms with E-state index in [2.05, 4.69) is 10.2 Å². The minimum Gasteiger partial charge on any atom is -0.453 e. The second-order valence-electron chi connectivity index (χ2n) is 4.41. The van der Waals surface area contributed by atoms with E-state index in [1.165, 1.54) is 12.3 Å². The van der Waals surface area contributed by atoms with Crippen molar-refractivity contribution in [3.8, 4) is 22.8 Å². The second kappa shape index (κ2) is 5.51. The summed E-state index contributed by atoms with van der Waals surface area (Å²) in [5.41, 5.74) is 0.123. The van der Waals surface area contributed by atoms with Gasteiger partial charge in [0.05, 0.1) is 11.3 Å². The number of H-pyrrole nitrogens is 1. The fourth-order valence-corrected chi connectivity index (χ4v) is 1.96. The fraction of sp³-hybridized carbons (Fsp3) is 0. The number of ether oxygens (including phenoxy) is 1. The van der Waals surface area contributed by atoms with Crippen LogP contribution >= 0.6 is 0 Å². The normalized spacial score (nSPS) is 10.7. The van der Waals surface area contributed by atoms with Crippen LogP contribution in [-0.2, 0) is 0 Å². The summed E-state index contributed by atoms with van der Waals surface area (Å²) in [6.07, 6.45) is 1.38. The molecule has 22 heavy (non-hydrogen) atoms. The van der Waals surface area contributed by atoms with Crippen molar-refractivity contribution in [2.45, 2.75) is 0 Å². The molecule has 1 aromatic heterocycles. The molecule has 0 bridgehead atoms. The Kier molecular flexibility index (Phi) is 3.54. The van der Waals surface area contributed by atoms with Crippen LogP contribution in [0, 0.1) is 23.3 Å². The molecule has 0 aliphatic heterocycles. The van der Waals surface area contributed by atoms with E-state index in [0.29, 0.717) is 12.1 Å². The molecule has 7 heteroatoms. The van der Waals surface area contributed by atoms with Gasteiger partial charge in [-0.3, -0.25) is 5.10 Å². The number of halogens is 4. The van der Waals surface area contributed by atoms with Crippen molar-refractivity contribution >= 4 is 0 Å². The molecule has 0 unspecified atom stereocenters. The molecule has 1 N–H and O–H groups in total. The first-order chi connectivity index (χ1) is 10.5. The highest BCUT2D eigenvalue weighted by Gasteiger charge is 2.18. The van der Waals surface area contributed by atoms with Crippen LogP contribution in [-0.4, -0.2) is 10.2 Å². The Morgan fingerprint density at radius 2 is 1.59 bits per heavy atom. The third-order valence-electron chi connectivity index (χ3n) is 2.90. The molecule has 3 nitrogen and oxygen atoms in total. The SMILES string of the molecule is Fc1ccc(Oc2cc(F)cc(F)c2-c2ccn[nH]2)c(F)c1. The third-order valence-corrected chi connectivity index (χ3v) is 2.90. The van der Waals surface area contributed by atoms with Crippen molar-refractivity contribution < 1.29 is 22.3 Å². The first-order valence-corrected chi connectivity index (χ1v) is 6.16. The monoisotopic (exact) mass is 308 g/mol. The maximum absolute atomic E-state index is 14.0. The van der Waals surface area contributed by atoms with Gasteiger partial charge in [0.25, 0.3) is 0 Å². The molecule has 0 spiro atoms. The van der Waals surface area contributed by atoms with Gasteiger partial charge in [-0.15, -0.1) is 0 Å². The minimum atomic E-state index is -0.986. The third kappa shape index (κ3) is 2.65. The molecule has 0 saturated carbocycles. The summed E-state index contributed by atoms with van der Waals surface area (Å²) < 4.78 is 59.2. The van der Waals surface area contributed by atoms with Crippen molar-refractivity contribution in [3.05, 3.63) is 65.9 Å². The van der Waals surface area contributed by atoms with Crippen LogP contribution in [0.4, 0.5) is 17.6 Å². The van der Waals surface area contributed by atoms with Crippen molar-refractivity contribution in [2.75, 3.05) is 0 Å². The van der Waals surface area contributed by atoms with Crippen LogP contribution < -0.4 is 4.74 Å². The molecule has 0 aliphatic carbocycles. The van der Waals surface area contributed by atoms with Crippen molar-refractivity contribution in [1.29, 1.82) is 0 Å². The number of hydrogen-bond donors (Lipinski definition) is 1. The lowest BCUT2D eigenvalue weighted by molar-refractivity contribution is 0.432. The van der Waals surface area contributed by atoms with Gasteiger partial charge in [-0.2, -0.15) is 5.10 Å². The molecule has 3 rings (SSSR count). The van der Waals surface area contributed by atoms with E-state index in [4.69, 9.17) is 4.74 Å². The van der Waals surface area contributed by atoms with Gasteiger partial charge in [0, 0.05) is 24.4 Å². The van der Waals surface area contributed by atoms with Gasteiger partial charge in [0.15, 0.2) is 11.6 Å². The predicted octanol–water partition coefficient (Wildman–Crippen LogP) is 4.43. The van der Waals surface area contributed by atoms with E-state index < -0.39 is 23.3 Å². The van der Waals surface area contributed by atoms with E-state index >= 15 is 0 Å². The maximum atomic E-state index is 14.0. The quantitative estimate of drug-likeness (QED) is 0.727. The molecule has 0 saturated heterocycles. The van der Waals surface area contributed by atoms with Crippen LogP contribution in [0.3, 0.4) is 0 Å². The number of aromatic nitrogens is 2. The van der Waals surface area contributed by atoms with E-state index in [-0.39, 0.29) is 22.8 Å². The van der Waals surface area contributed by atoms with Gasteiger partial charge < -0.3 is 4.74 Å². The smallest absolute Gasteiger partial charge is 0.168 e. The van der Waals surface area contributed by atoms with Crippen LogP contribution in [0.25, 0.3) is 11.3 Å². The highest BCUT2D eigenvalue weighted by Crippen LogP contribution is 2.36. The number of hydrogen-bond acceptors (Lipinski definition) is 2. The zero-order chi connectivity index (χ0) is 15.7. The van der Waals surface area contributed by atoms with Gasteiger partial charge in [-0.25, -0.2) is 17.6 Å². The zero-order valence-corrected chi connectivity index (χ0v) is 10.9. The van der Waals surface area contributed by atoms with Gasteiger partial charge in [0.2, 0.25) is 0 Å². The lowest BCUT2D eigenvalue weighted by atomic mass is 10.1. The summed E-state index contributed by atoms with van der Waals surface area (Å²) in [6.45, 7) is 0. The Balaban J connectivity index is 2.10. The summed E-state index contributed by atoms with van der Waals surface area (Å²) in [6, 6.07) is 5.64. The summed E-state index contributed by atoms with van der Waals surface area (Å²) >= 11 is 0. The Morgan fingerprint density at radius 3 is 2.27 bits per heavy atom. The molecule has 3 aromatic rings. The van der Waals surface area contributed by atoms with Gasteiger partial charge in [-0.1, -0.05) is 0 Å². The van der Waals surface area contributed by atoms with E-state index in [1.807, 2.05) is 0 Å². The van der Waals surface area contributed by atoms with Crippen LogP contribution in [0.2, 0.25) is 0 Å². The predicted molar refractivity (Wildman–Crippen MR) is 70.4 cm³/mol. The molecule has 0 amide bonds. The lowest BCUT2D eigenvalue weighted by Crippen LogP contribution is -1.96. The molecule has 1 heterocycles. The zero-order valence-electron chi connectivity index (χ0n) is 10.9. The molecule has 0 fully saturated rings. The molecule has 0 radical (unpaired) electrons. The highest BCUT2D eigenvalue weighted by atomic mass is 19.1. The highest BCUT2D eigenvalue weighted by molar-refractivity contribution is 5.68. The van der Waals surface area contributed by atoms with E-state index in [1.54, 1.807) is 0 Å². The van der Waals surface area contributed by atoms with Gasteiger partial charge in [0.1, 0.15) is 23.2 Å². The largest absolute Gasteiger partial charge is 0.453 e. The average molecular weight is 308 g/mol. The Labute approximate surface area is 122 Å². The number of rotatable bonds is 3. The first-order valence-electron chi connectivity index (χ1n) is 6.16. The Hall–Kier alpha value is -2.83. The first kappa shape index (κ1) is 14.1. The summed E-state index contributed by atoms with van der Waals surface area (Å²) in [5.74, 6) is -4.18. The minimum absolute atomic E-state index is 0.109. The fourth-order valence-electron chi connectivity index (χ4n) is 1.96. The van der Waals surface area contributed by atoms with Gasteiger partial charge >= 0.3 is 0 Å². The maximum Gasteiger partial charge on any atom is 0.168 e. The summed E-state index contributed by atoms with van der Waals surface area (Å²) in [5, 5.41) is 6.19. The standard InChI is InChI=1S/C15H8F4N2O/c16-8-1-2-13(10(18)5-8)22-14-7-9(17)6-11(19)15(14)12-3-4-20-21-12/h1-7H,(H,20,21). The second-order valence-corrected chi connectivity index (χ2v) is 4.41. The van der Waals surface area contributed by atoms with Crippen LogP contribution in [0.15, 0.2) is 42.6 Å². The van der Waals surface area contributed by atoms with Crippen molar-refractivity contribution in [3.63, 3.8) is 0 Å². The summed E-state index contributed by atoms with van der Waals surface area (Å²) in [4.78, 5) is 0. The molecular formula is C15H8F4N2O. The van der Waals surface area contributed by atoms with Crippen LogP contribution in [0.5, 0.6) is 11.5 Å². The van der Waals surface area contributed by atoms with Gasteiger partial charge in [-0.05, 0) is 18.2 Å².